The minimum Gasteiger partial charge on any atom is -0.322 e. The summed E-state index contributed by atoms with van der Waals surface area (Å²) in [5.41, 5.74) is 3.30. The third-order valence-electron chi connectivity index (χ3n) is 2.60. The summed E-state index contributed by atoms with van der Waals surface area (Å²) in [5, 5.41) is 3.76. The zero-order valence-electron chi connectivity index (χ0n) is 10.6. The Morgan fingerprint density at radius 1 is 0.895 bits per heavy atom. The van der Waals surface area contributed by atoms with Gasteiger partial charge in [-0.3, -0.25) is 4.79 Å². The van der Waals surface area contributed by atoms with Gasteiger partial charge >= 0.3 is 0 Å². The topological polar surface area (TPSA) is 29.1 Å². The number of hydrogen-bond acceptors (Lipinski definition) is 1. The van der Waals surface area contributed by atoms with Gasteiger partial charge in [0.05, 0.1) is 0 Å². The molecule has 1 amide bonds. The molecule has 0 radical (unpaired) electrons. The predicted molar refractivity (Wildman–Crippen MR) is 80.3 cm³/mol. The first-order valence-electron chi connectivity index (χ1n) is 5.80. The van der Waals surface area contributed by atoms with E-state index >= 15 is 0 Å². The van der Waals surface area contributed by atoms with Crippen LogP contribution in [0.2, 0.25) is 10.0 Å². The Morgan fingerprint density at radius 2 is 1.42 bits per heavy atom. The van der Waals surface area contributed by atoms with Gasteiger partial charge in [-0.15, -0.1) is 0 Å². The zero-order chi connectivity index (χ0) is 14.0. The zero-order valence-corrected chi connectivity index (χ0v) is 12.1. The number of carbonyl (C=O) groups is 1. The van der Waals surface area contributed by atoms with E-state index in [2.05, 4.69) is 5.32 Å². The van der Waals surface area contributed by atoms with E-state index < -0.39 is 0 Å². The van der Waals surface area contributed by atoms with E-state index in [-0.39, 0.29) is 5.91 Å². The summed E-state index contributed by atoms with van der Waals surface area (Å²) in [6.07, 6.45) is 0. The molecule has 1 N–H and O–H groups in total. The minimum absolute atomic E-state index is 0.176. The molecule has 0 aromatic heterocycles. The van der Waals surface area contributed by atoms with Crippen molar-refractivity contribution in [1.82, 2.24) is 0 Å². The molecule has 0 bridgehead atoms. The van der Waals surface area contributed by atoms with Crippen LogP contribution in [0, 0.1) is 13.8 Å². The van der Waals surface area contributed by atoms with Gasteiger partial charge in [-0.05, 0) is 44.2 Å². The maximum absolute atomic E-state index is 12.1. The lowest BCUT2D eigenvalue weighted by molar-refractivity contribution is 0.102. The van der Waals surface area contributed by atoms with Crippen LogP contribution in [-0.4, -0.2) is 5.91 Å². The molecule has 0 unspecified atom stereocenters. The smallest absolute Gasteiger partial charge is 0.255 e. The van der Waals surface area contributed by atoms with E-state index in [9.17, 15) is 4.79 Å². The highest BCUT2D eigenvalue weighted by Crippen LogP contribution is 2.23. The van der Waals surface area contributed by atoms with Crippen molar-refractivity contribution in [2.45, 2.75) is 13.8 Å². The number of benzene rings is 2. The highest BCUT2D eigenvalue weighted by molar-refractivity contribution is 6.35. The fourth-order valence-corrected chi connectivity index (χ4v) is 2.46. The molecule has 0 saturated carbocycles. The monoisotopic (exact) mass is 293 g/mol. The van der Waals surface area contributed by atoms with Gasteiger partial charge in [0, 0.05) is 21.3 Å². The Morgan fingerprint density at radius 3 is 1.95 bits per heavy atom. The van der Waals surface area contributed by atoms with Crippen molar-refractivity contribution in [2.24, 2.45) is 0 Å². The molecule has 0 spiro atoms. The van der Waals surface area contributed by atoms with Gasteiger partial charge < -0.3 is 5.32 Å². The number of hydrogen-bond donors (Lipinski definition) is 1. The molecule has 0 atom stereocenters. The fourth-order valence-electron chi connectivity index (χ4n) is 1.94. The van der Waals surface area contributed by atoms with Gasteiger partial charge in [0.25, 0.3) is 5.91 Å². The Kier molecular flexibility index (Phi) is 4.13. The highest BCUT2D eigenvalue weighted by atomic mass is 35.5. The number of nitrogens with one attached hydrogen (secondary N) is 1. The Labute approximate surface area is 122 Å². The molecule has 4 heteroatoms. The van der Waals surface area contributed by atoms with Crippen molar-refractivity contribution in [3.05, 3.63) is 63.1 Å². The summed E-state index contributed by atoms with van der Waals surface area (Å²) in [6, 6.07) is 10.6. The van der Waals surface area contributed by atoms with E-state index in [0.717, 1.165) is 11.1 Å². The predicted octanol–water partition coefficient (Wildman–Crippen LogP) is 4.86. The molecule has 0 saturated heterocycles. The molecular weight excluding hydrogens is 281 g/mol. The van der Waals surface area contributed by atoms with Crippen LogP contribution in [0.25, 0.3) is 0 Å². The molecule has 2 nitrogen and oxygen atoms in total. The van der Waals surface area contributed by atoms with Crippen LogP contribution in [0.4, 0.5) is 5.69 Å². The SMILES string of the molecule is Cc1cc(C)cc(C(=O)Nc2cc(Cl)cc(Cl)c2)c1. The van der Waals surface area contributed by atoms with Crippen molar-refractivity contribution >= 4 is 34.8 Å². The molecule has 2 aromatic carbocycles. The first-order valence-corrected chi connectivity index (χ1v) is 6.55. The summed E-state index contributed by atoms with van der Waals surface area (Å²) < 4.78 is 0. The standard InChI is InChI=1S/C15H13Cl2NO/c1-9-3-10(2)5-11(4-9)15(19)18-14-7-12(16)6-13(17)8-14/h3-8H,1-2H3,(H,18,19). The largest absolute Gasteiger partial charge is 0.322 e. The molecule has 19 heavy (non-hydrogen) atoms. The number of rotatable bonds is 2. The lowest BCUT2D eigenvalue weighted by Crippen LogP contribution is -2.12. The van der Waals surface area contributed by atoms with Crippen LogP contribution < -0.4 is 5.32 Å². The summed E-state index contributed by atoms with van der Waals surface area (Å²) in [4.78, 5) is 12.1. The highest BCUT2D eigenvalue weighted by Gasteiger charge is 2.08. The van der Waals surface area contributed by atoms with Crippen LogP contribution in [-0.2, 0) is 0 Å². The van der Waals surface area contributed by atoms with E-state index in [0.29, 0.717) is 21.3 Å². The molecule has 98 valence electrons. The summed E-state index contributed by atoms with van der Waals surface area (Å²) >= 11 is 11.8. The van der Waals surface area contributed by atoms with Gasteiger partial charge in [0.2, 0.25) is 0 Å². The maximum Gasteiger partial charge on any atom is 0.255 e. The molecular formula is C15H13Cl2NO. The number of amides is 1. The van der Waals surface area contributed by atoms with Crippen molar-refractivity contribution in [1.29, 1.82) is 0 Å². The third-order valence-corrected chi connectivity index (χ3v) is 3.04. The van der Waals surface area contributed by atoms with Crippen LogP contribution >= 0.6 is 23.2 Å². The lowest BCUT2D eigenvalue weighted by Gasteiger charge is -2.08. The number of halogens is 2. The number of carbonyl (C=O) groups excluding carboxylic acids is 1. The first kappa shape index (κ1) is 13.9. The molecule has 0 aliphatic rings. The number of aryl methyl sites for hydroxylation is 2. The average molecular weight is 294 g/mol. The lowest BCUT2D eigenvalue weighted by atomic mass is 10.1. The van der Waals surface area contributed by atoms with Gasteiger partial charge in [0.15, 0.2) is 0 Å². The second-order valence-corrected chi connectivity index (χ2v) is 5.36. The Bertz CT molecular complexity index is 598. The van der Waals surface area contributed by atoms with E-state index in [1.54, 1.807) is 18.2 Å². The molecule has 0 aliphatic carbocycles. The first-order chi connectivity index (χ1) is 8.94. The molecule has 0 aliphatic heterocycles. The Balaban J connectivity index is 2.25. The van der Waals surface area contributed by atoms with E-state index in [4.69, 9.17) is 23.2 Å². The molecule has 0 fully saturated rings. The van der Waals surface area contributed by atoms with E-state index in [1.165, 1.54) is 0 Å². The van der Waals surface area contributed by atoms with Gasteiger partial charge in [-0.2, -0.15) is 0 Å². The van der Waals surface area contributed by atoms with Crippen molar-refractivity contribution < 1.29 is 4.79 Å². The minimum atomic E-state index is -0.176. The summed E-state index contributed by atoms with van der Waals surface area (Å²) in [5.74, 6) is -0.176. The second-order valence-electron chi connectivity index (χ2n) is 4.49. The van der Waals surface area contributed by atoms with Gasteiger partial charge in [-0.1, -0.05) is 40.4 Å². The normalized spacial score (nSPS) is 10.3. The quantitative estimate of drug-likeness (QED) is 0.841. The Hall–Kier alpha value is -1.51. The van der Waals surface area contributed by atoms with Crippen LogP contribution in [0.5, 0.6) is 0 Å². The van der Waals surface area contributed by atoms with Gasteiger partial charge in [0.1, 0.15) is 0 Å². The molecule has 2 aromatic rings. The maximum atomic E-state index is 12.1. The van der Waals surface area contributed by atoms with Crippen molar-refractivity contribution in [3.63, 3.8) is 0 Å². The number of anilines is 1. The van der Waals surface area contributed by atoms with E-state index in [1.807, 2.05) is 32.0 Å². The molecule has 0 heterocycles. The van der Waals surface area contributed by atoms with Gasteiger partial charge in [-0.25, -0.2) is 0 Å². The summed E-state index contributed by atoms with van der Waals surface area (Å²) in [6.45, 7) is 3.92. The van der Waals surface area contributed by atoms with Crippen molar-refractivity contribution in [2.75, 3.05) is 5.32 Å². The average Bonchev–Trinajstić information content (AvgIpc) is 2.25. The van der Waals surface area contributed by atoms with Crippen LogP contribution in [0.3, 0.4) is 0 Å². The summed E-state index contributed by atoms with van der Waals surface area (Å²) in [7, 11) is 0. The van der Waals surface area contributed by atoms with Crippen molar-refractivity contribution in [3.8, 4) is 0 Å². The van der Waals surface area contributed by atoms with Crippen LogP contribution in [0.1, 0.15) is 21.5 Å². The second kappa shape index (κ2) is 5.64. The third kappa shape index (κ3) is 3.72. The molecule has 2 rings (SSSR count). The van der Waals surface area contributed by atoms with Crippen LogP contribution in [0.15, 0.2) is 36.4 Å². The fraction of sp³-hybridized carbons (Fsp3) is 0.133.